The van der Waals surface area contributed by atoms with Gasteiger partial charge in [-0.2, -0.15) is 4.31 Å². The molecule has 2 aromatic rings. The van der Waals surface area contributed by atoms with E-state index in [9.17, 15) is 21.6 Å². The van der Waals surface area contributed by atoms with E-state index in [0.717, 1.165) is 5.56 Å². The fourth-order valence-corrected chi connectivity index (χ4v) is 7.04. The van der Waals surface area contributed by atoms with Crippen molar-refractivity contribution in [3.63, 3.8) is 0 Å². The molecule has 0 aliphatic carbocycles. The number of anilines is 1. The maximum atomic E-state index is 13.3. The molecule has 1 atom stereocenters. The first kappa shape index (κ1) is 22.9. The standard InChI is InChI=1S/C20H26N4O6S2/c1-13-19(14(2)30-22-13)32(28,29)23-9-4-5-16(12-23)20(25)24-10-8-15-11-17(6-7-18(15)24)31(26,27)21-3/h6-7,11,16,21H,4-5,8-10,12H2,1-3H3. The molecule has 1 saturated heterocycles. The van der Waals surface area contributed by atoms with E-state index in [-0.39, 0.29) is 28.0 Å². The van der Waals surface area contributed by atoms with Crippen LogP contribution in [0.5, 0.6) is 0 Å². The third kappa shape index (κ3) is 3.85. The second kappa shape index (κ2) is 8.25. The Bertz CT molecular complexity index is 1250. The van der Waals surface area contributed by atoms with Crippen LogP contribution in [0.25, 0.3) is 0 Å². The van der Waals surface area contributed by atoms with Crippen LogP contribution >= 0.6 is 0 Å². The van der Waals surface area contributed by atoms with E-state index in [4.69, 9.17) is 4.52 Å². The topological polar surface area (TPSA) is 130 Å². The lowest BCUT2D eigenvalue weighted by molar-refractivity contribution is -0.123. The van der Waals surface area contributed by atoms with E-state index in [0.29, 0.717) is 43.7 Å². The second-order valence-corrected chi connectivity index (χ2v) is 11.9. The zero-order valence-electron chi connectivity index (χ0n) is 18.2. The van der Waals surface area contributed by atoms with E-state index >= 15 is 0 Å². The van der Waals surface area contributed by atoms with Crippen LogP contribution < -0.4 is 9.62 Å². The number of sulfonamides is 2. The third-order valence-electron chi connectivity index (χ3n) is 6.09. The molecule has 3 heterocycles. The van der Waals surface area contributed by atoms with Crippen molar-refractivity contribution in [1.29, 1.82) is 0 Å². The number of benzene rings is 1. The molecule has 174 valence electrons. The summed E-state index contributed by atoms with van der Waals surface area (Å²) in [5.74, 6) is -0.394. The number of hydrogen-bond acceptors (Lipinski definition) is 7. The summed E-state index contributed by atoms with van der Waals surface area (Å²) >= 11 is 0. The Morgan fingerprint density at radius 2 is 1.94 bits per heavy atom. The van der Waals surface area contributed by atoms with Gasteiger partial charge >= 0.3 is 0 Å². The van der Waals surface area contributed by atoms with Crippen molar-refractivity contribution < 1.29 is 26.2 Å². The lowest BCUT2D eigenvalue weighted by Crippen LogP contribution is -2.46. The average Bonchev–Trinajstić information content (AvgIpc) is 3.35. The molecule has 1 amide bonds. The molecule has 2 aliphatic heterocycles. The largest absolute Gasteiger partial charge is 0.360 e. The van der Waals surface area contributed by atoms with Gasteiger partial charge in [0.2, 0.25) is 26.0 Å². The van der Waals surface area contributed by atoms with Crippen molar-refractivity contribution in [3.8, 4) is 0 Å². The fraction of sp³-hybridized carbons (Fsp3) is 0.500. The van der Waals surface area contributed by atoms with Gasteiger partial charge in [-0.3, -0.25) is 4.79 Å². The number of carbonyl (C=O) groups excluding carboxylic acids is 1. The van der Waals surface area contributed by atoms with Crippen LogP contribution in [0.15, 0.2) is 32.5 Å². The quantitative estimate of drug-likeness (QED) is 0.677. The molecule has 1 fully saturated rings. The fourth-order valence-electron chi connectivity index (χ4n) is 4.45. The molecule has 32 heavy (non-hydrogen) atoms. The van der Waals surface area contributed by atoms with Crippen LogP contribution in [0.2, 0.25) is 0 Å². The summed E-state index contributed by atoms with van der Waals surface area (Å²) in [6.45, 7) is 3.99. The minimum atomic E-state index is -3.82. The number of aromatic nitrogens is 1. The van der Waals surface area contributed by atoms with Gasteiger partial charge in [-0.05, 0) is 63.9 Å². The van der Waals surface area contributed by atoms with Crippen molar-refractivity contribution in [2.24, 2.45) is 5.92 Å². The van der Waals surface area contributed by atoms with Crippen molar-refractivity contribution in [1.82, 2.24) is 14.2 Å². The number of nitrogens with zero attached hydrogens (tertiary/aromatic N) is 3. The summed E-state index contributed by atoms with van der Waals surface area (Å²) in [6.07, 6.45) is 1.70. The molecule has 2 aliphatic rings. The molecule has 1 unspecified atom stereocenters. The number of carbonyl (C=O) groups is 1. The van der Waals surface area contributed by atoms with Crippen LogP contribution in [0.4, 0.5) is 5.69 Å². The predicted molar refractivity (Wildman–Crippen MR) is 116 cm³/mol. The van der Waals surface area contributed by atoms with Gasteiger partial charge in [0.15, 0.2) is 5.76 Å². The van der Waals surface area contributed by atoms with E-state index in [2.05, 4.69) is 9.88 Å². The third-order valence-corrected chi connectivity index (χ3v) is 9.61. The highest BCUT2D eigenvalue weighted by molar-refractivity contribution is 7.89. The Morgan fingerprint density at radius 1 is 1.19 bits per heavy atom. The van der Waals surface area contributed by atoms with E-state index in [1.165, 1.54) is 17.4 Å². The smallest absolute Gasteiger partial charge is 0.248 e. The first-order valence-electron chi connectivity index (χ1n) is 10.4. The van der Waals surface area contributed by atoms with Crippen molar-refractivity contribution in [2.75, 3.05) is 31.6 Å². The highest BCUT2D eigenvalue weighted by Gasteiger charge is 2.39. The number of piperidine rings is 1. The molecule has 0 spiro atoms. The SMILES string of the molecule is CNS(=O)(=O)c1ccc2c(c1)CCN2C(=O)C1CCCN(S(=O)(=O)c2c(C)noc2C)C1. The molecule has 10 nitrogen and oxygen atoms in total. The summed E-state index contributed by atoms with van der Waals surface area (Å²) in [6, 6.07) is 4.71. The molecule has 0 bridgehead atoms. The zero-order chi connectivity index (χ0) is 23.3. The lowest BCUT2D eigenvalue weighted by Gasteiger charge is -2.33. The number of amides is 1. The van der Waals surface area contributed by atoms with Gasteiger partial charge in [-0.25, -0.2) is 21.6 Å². The van der Waals surface area contributed by atoms with Crippen LogP contribution in [0.3, 0.4) is 0 Å². The molecule has 0 saturated carbocycles. The minimum Gasteiger partial charge on any atom is -0.360 e. The van der Waals surface area contributed by atoms with Crippen LogP contribution in [-0.4, -0.2) is 58.9 Å². The van der Waals surface area contributed by atoms with Crippen molar-refractivity contribution >= 4 is 31.6 Å². The number of nitrogens with one attached hydrogen (secondary N) is 1. The second-order valence-electron chi connectivity index (χ2n) is 8.09. The van der Waals surface area contributed by atoms with E-state index in [1.807, 2.05) is 0 Å². The van der Waals surface area contributed by atoms with Crippen LogP contribution in [-0.2, 0) is 31.3 Å². The number of hydrogen-bond donors (Lipinski definition) is 1. The molecular formula is C20H26N4O6S2. The maximum Gasteiger partial charge on any atom is 0.248 e. The van der Waals surface area contributed by atoms with Gasteiger partial charge in [0.05, 0.1) is 10.8 Å². The normalized spacial score (nSPS) is 19.8. The molecule has 1 aromatic heterocycles. The summed E-state index contributed by atoms with van der Waals surface area (Å²) in [5, 5.41) is 3.75. The summed E-state index contributed by atoms with van der Waals surface area (Å²) in [5.41, 5.74) is 1.76. The summed E-state index contributed by atoms with van der Waals surface area (Å²) in [7, 11) is -6.04. The van der Waals surface area contributed by atoms with Gasteiger partial charge in [-0.15, -0.1) is 0 Å². The van der Waals surface area contributed by atoms with Gasteiger partial charge in [0.1, 0.15) is 10.6 Å². The first-order chi connectivity index (χ1) is 15.1. The number of aryl methyl sites for hydroxylation is 2. The Balaban J connectivity index is 1.55. The predicted octanol–water partition coefficient (Wildman–Crippen LogP) is 1.19. The Labute approximate surface area is 187 Å². The van der Waals surface area contributed by atoms with Gasteiger partial charge in [0.25, 0.3) is 0 Å². The lowest BCUT2D eigenvalue weighted by atomic mass is 9.98. The zero-order valence-corrected chi connectivity index (χ0v) is 19.8. The number of rotatable bonds is 5. The molecule has 1 N–H and O–H groups in total. The van der Waals surface area contributed by atoms with Gasteiger partial charge in [0, 0.05) is 25.3 Å². The molecule has 0 radical (unpaired) electrons. The highest BCUT2D eigenvalue weighted by atomic mass is 32.2. The van der Waals surface area contributed by atoms with Crippen LogP contribution in [0, 0.1) is 19.8 Å². The maximum absolute atomic E-state index is 13.3. The summed E-state index contributed by atoms with van der Waals surface area (Å²) in [4.78, 5) is 15.2. The monoisotopic (exact) mass is 482 g/mol. The Hall–Kier alpha value is -2.28. The van der Waals surface area contributed by atoms with Crippen LogP contribution in [0.1, 0.15) is 29.9 Å². The molecular weight excluding hydrogens is 456 g/mol. The van der Waals surface area contributed by atoms with Gasteiger partial charge in [-0.1, -0.05) is 5.16 Å². The summed E-state index contributed by atoms with van der Waals surface area (Å²) < 4.78 is 59.2. The van der Waals surface area contributed by atoms with Crippen molar-refractivity contribution in [3.05, 3.63) is 35.2 Å². The Morgan fingerprint density at radius 3 is 2.59 bits per heavy atom. The molecule has 12 heteroatoms. The average molecular weight is 483 g/mol. The number of fused-ring (bicyclic) bond motifs is 1. The first-order valence-corrected chi connectivity index (χ1v) is 13.3. The van der Waals surface area contributed by atoms with Gasteiger partial charge < -0.3 is 9.42 Å². The van der Waals surface area contributed by atoms with Crippen molar-refractivity contribution in [2.45, 2.75) is 42.9 Å². The van der Waals surface area contributed by atoms with E-state index < -0.39 is 26.0 Å². The Kier molecular flexibility index (Phi) is 5.90. The molecule has 1 aromatic carbocycles. The minimum absolute atomic E-state index is 0.0652. The molecule has 4 rings (SSSR count). The van der Waals surface area contributed by atoms with E-state index in [1.54, 1.807) is 30.9 Å². The highest BCUT2D eigenvalue weighted by Crippen LogP contribution is 2.34.